The number of carbonyl (C=O) groups is 1. The largest absolute Gasteiger partial charge is 0.481 e. The lowest BCUT2D eigenvalue weighted by Gasteiger charge is -2.17. The van der Waals surface area contributed by atoms with E-state index >= 15 is 0 Å². The molecule has 0 bridgehead atoms. The molecule has 128 valence electrons. The topological polar surface area (TPSA) is 81.9 Å². The van der Waals surface area contributed by atoms with Crippen LogP contribution in [0.1, 0.15) is 18.1 Å². The van der Waals surface area contributed by atoms with E-state index < -0.39 is 6.10 Å². The molecule has 1 aromatic heterocycles. The Kier molecular flexibility index (Phi) is 4.74. The number of para-hydroxylation sites is 1. The molecule has 0 aliphatic heterocycles. The lowest BCUT2D eigenvalue weighted by atomic mass is 10.1. The molecule has 25 heavy (non-hydrogen) atoms. The van der Waals surface area contributed by atoms with Crippen LogP contribution in [0.25, 0.3) is 5.69 Å². The monoisotopic (exact) mass is 337 g/mol. The fourth-order valence-corrected chi connectivity index (χ4v) is 2.45. The van der Waals surface area contributed by atoms with Crippen molar-refractivity contribution in [2.75, 3.05) is 5.32 Å². The maximum Gasteiger partial charge on any atom is 0.265 e. The van der Waals surface area contributed by atoms with E-state index in [0.717, 1.165) is 22.5 Å². The van der Waals surface area contributed by atoms with Gasteiger partial charge in [-0.1, -0.05) is 18.2 Å². The summed E-state index contributed by atoms with van der Waals surface area (Å²) in [6, 6.07) is 13.1. The number of rotatable bonds is 5. The van der Waals surface area contributed by atoms with Gasteiger partial charge in [-0.05, 0) is 66.6 Å². The zero-order valence-electron chi connectivity index (χ0n) is 14.3. The van der Waals surface area contributed by atoms with Gasteiger partial charge in [-0.15, -0.1) is 5.10 Å². The van der Waals surface area contributed by atoms with Gasteiger partial charge in [-0.2, -0.15) is 0 Å². The van der Waals surface area contributed by atoms with Crippen LogP contribution in [-0.2, 0) is 4.79 Å². The smallest absolute Gasteiger partial charge is 0.265 e. The van der Waals surface area contributed by atoms with Crippen LogP contribution in [0, 0.1) is 13.8 Å². The molecule has 1 amide bonds. The Morgan fingerprint density at radius 2 is 1.80 bits per heavy atom. The van der Waals surface area contributed by atoms with Crippen molar-refractivity contribution in [1.82, 2.24) is 20.2 Å². The van der Waals surface area contributed by atoms with E-state index in [-0.39, 0.29) is 5.91 Å². The van der Waals surface area contributed by atoms with Crippen molar-refractivity contribution in [2.45, 2.75) is 26.9 Å². The maximum atomic E-state index is 12.4. The molecular weight excluding hydrogens is 318 g/mol. The van der Waals surface area contributed by atoms with E-state index in [1.165, 1.54) is 6.33 Å². The molecule has 0 aliphatic carbocycles. The Labute approximate surface area is 145 Å². The second kappa shape index (κ2) is 7.12. The van der Waals surface area contributed by atoms with E-state index in [1.54, 1.807) is 23.7 Å². The number of nitrogens with one attached hydrogen (secondary N) is 1. The van der Waals surface area contributed by atoms with Gasteiger partial charge in [0.05, 0.1) is 5.69 Å². The molecule has 0 radical (unpaired) electrons. The van der Waals surface area contributed by atoms with Crippen molar-refractivity contribution in [3.05, 3.63) is 59.9 Å². The van der Waals surface area contributed by atoms with Gasteiger partial charge >= 0.3 is 0 Å². The van der Waals surface area contributed by atoms with Crippen molar-refractivity contribution in [2.24, 2.45) is 0 Å². The Morgan fingerprint density at radius 1 is 1.12 bits per heavy atom. The lowest BCUT2D eigenvalue weighted by Crippen LogP contribution is -2.30. The molecule has 0 saturated carbocycles. The number of hydrogen-bond donors (Lipinski definition) is 1. The van der Waals surface area contributed by atoms with Crippen molar-refractivity contribution >= 4 is 11.6 Å². The molecule has 3 aromatic rings. The fourth-order valence-electron chi connectivity index (χ4n) is 2.45. The summed E-state index contributed by atoms with van der Waals surface area (Å²) in [4.78, 5) is 12.4. The minimum atomic E-state index is -0.627. The Morgan fingerprint density at radius 3 is 2.40 bits per heavy atom. The van der Waals surface area contributed by atoms with Crippen LogP contribution in [-0.4, -0.2) is 32.2 Å². The first-order valence-electron chi connectivity index (χ1n) is 7.92. The number of benzene rings is 2. The van der Waals surface area contributed by atoms with Gasteiger partial charge in [0, 0.05) is 5.69 Å². The van der Waals surface area contributed by atoms with E-state index in [4.69, 9.17) is 4.74 Å². The molecule has 0 spiro atoms. The average molecular weight is 337 g/mol. The summed E-state index contributed by atoms with van der Waals surface area (Å²) in [6.45, 7) is 5.65. The highest BCUT2D eigenvalue weighted by Gasteiger charge is 2.16. The quantitative estimate of drug-likeness (QED) is 0.774. The first-order valence-corrected chi connectivity index (χ1v) is 7.92. The molecule has 2 aromatic carbocycles. The van der Waals surface area contributed by atoms with Crippen molar-refractivity contribution in [3.63, 3.8) is 0 Å². The number of nitrogens with zero attached hydrogens (tertiary/aromatic N) is 4. The van der Waals surface area contributed by atoms with Crippen LogP contribution in [0.3, 0.4) is 0 Å². The molecule has 7 nitrogen and oxygen atoms in total. The fraction of sp³-hybridized carbons (Fsp3) is 0.222. The van der Waals surface area contributed by atoms with Crippen molar-refractivity contribution < 1.29 is 9.53 Å². The van der Waals surface area contributed by atoms with Crippen molar-refractivity contribution in [3.8, 4) is 11.4 Å². The number of tetrazole rings is 1. The van der Waals surface area contributed by atoms with Crippen molar-refractivity contribution in [1.29, 1.82) is 0 Å². The summed E-state index contributed by atoms with van der Waals surface area (Å²) in [7, 11) is 0. The Hall–Kier alpha value is -3.22. The summed E-state index contributed by atoms with van der Waals surface area (Å²) in [6.07, 6.45) is 0.883. The molecule has 1 heterocycles. The molecule has 0 saturated heterocycles. The van der Waals surface area contributed by atoms with Gasteiger partial charge in [0.15, 0.2) is 6.10 Å². The molecule has 1 unspecified atom stereocenters. The molecule has 0 aliphatic rings. The van der Waals surface area contributed by atoms with Gasteiger partial charge in [0.1, 0.15) is 12.1 Å². The minimum absolute atomic E-state index is 0.193. The minimum Gasteiger partial charge on any atom is -0.481 e. The van der Waals surface area contributed by atoms with Crippen LogP contribution < -0.4 is 10.1 Å². The second-order valence-corrected chi connectivity index (χ2v) is 5.76. The van der Waals surface area contributed by atoms with Gasteiger partial charge in [0.25, 0.3) is 5.91 Å². The summed E-state index contributed by atoms with van der Waals surface area (Å²) in [5.41, 5.74) is 3.68. The number of amides is 1. The molecule has 7 heteroatoms. The third-order valence-corrected chi connectivity index (χ3v) is 3.86. The zero-order valence-corrected chi connectivity index (χ0v) is 14.3. The van der Waals surface area contributed by atoms with Crippen LogP contribution in [0.2, 0.25) is 0 Å². The molecule has 3 rings (SSSR count). The van der Waals surface area contributed by atoms with Crippen LogP contribution >= 0.6 is 0 Å². The van der Waals surface area contributed by atoms with Gasteiger partial charge in [-0.3, -0.25) is 4.79 Å². The highest BCUT2D eigenvalue weighted by atomic mass is 16.5. The molecule has 1 atom stereocenters. The number of hydrogen-bond acceptors (Lipinski definition) is 5. The number of anilines is 1. The predicted molar refractivity (Wildman–Crippen MR) is 93.8 cm³/mol. The van der Waals surface area contributed by atoms with E-state index in [9.17, 15) is 4.79 Å². The lowest BCUT2D eigenvalue weighted by molar-refractivity contribution is -0.122. The van der Waals surface area contributed by atoms with E-state index in [2.05, 4.69) is 20.8 Å². The molecular formula is C18H19N5O2. The second-order valence-electron chi connectivity index (χ2n) is 5.76. The van der Waals surface area contributed by atoms with Crippen LogP contribution in [0.5, 0.6) is 5.75 Å². The normalized spacial score (nSPS) is 11.8. The number of aromatic nitrogens is 4. The summed E-state index contributed by atoms with van der Waals surface area (Å²) >= 11 is 0. The van der Waals surface area contributed by atoms with Gasteiger partial charge < -0.3 is 10.1 Å². The molecule has 0 fully saturated rings. The van der Waals surface area contributed by atoms with Crippen LogP contribution in [0.15, 0.2) is 48.8 Å². The first-order chi connectivity index (χ1) is 12.0. The number of carbonyl (C=O) groups excluding carboxylic acids is 1. The first kappa shape index (κ1) is 16.6. The maximum absolute atomic E-state index is 12.4. The SMILES string of the molecule is Cc1cccc(C)c1NC(=O)C(C)Oc1ccc(-n2cnnn2)cc1. The molecule has 1 N–H and O–H groups in total. The summed E-state index contributed by atoms with van der Waals surface area (Å²) < 4.78 is 7.27. The average Bonchev–Trinajstić information content (AvgIpc) is 3.13. The third kappa shape index (κ3) is 3.82. The Bertz CT molecular complexity index is 839. The van der Waals surface area contributed by atoms with E-state index in [0.29, 0.717) is 5.75 Å². The zero-order chi connectivity index (χ0) is 17.8. The highest BCUT2D eigenvalue weighted by Crippen LogP contribution is 2.21. The predicted octanol–water partition coefficient (Wildman–Crippen LogP) is 2.69. The highest BCUT2D eigenvalue weighted by molar-refractivity contribution is 5.95. The van der Waals surface area contributed by atoms with E-state index in [1.807, 2.05) is 44.2 Å². The van der Waals surface area contributed by atoms with Crippen LogP contribution in [0.4, 0.5) is 5.69 Å². The van der Waals surface area contributed by atoms with Gasteiger partial charge in [0.2, 0.25) is 0 Å². The Balaban J connectivity index is 1.65. The number of aryl methyl sites for hydroxylation is 2. The third-order valence-electron chi connectivity index (χ3n) is 3.86. The standard InChI is InChI=1S/C18H19N5O2/c1-12-5-4-6-13(2)17(12)20-18(24)14(3)25-16-9-7-15(8-10-16)23-11-19-21-22-23/h4-11,14H,1-3H3,(H,20,24). The number of ether oxygens (including phenoxy) is 1. The summed E-state index contributed by atoms with van der Waals surface area (Å²) in [5, 5.41) is 13.9. The van der Waals surface area contributed by atoms with Gasteiger partial charge in [-0.25, -0.2) is 4.68 Å². The summed E-state index contributed by atoms with van der Waals surface area (Å²) in [5.74, 6) is 0.405.